The van der Waals surface area contributed by atoms with Crippen molar-refractivity contribution in [3.05, 3.63) is 29.8 Å². The summed E-state index contributed by atoms with van der Waals surface area (Å²) >= 11 is 0. The van der Waals surface area contributed by atoms with Gasteiger partial charge in [-0.2, -0.15) is 0 Å². The zero-order valence-corrected chi connectivity index (χ0v) is 18.3. The van der Waals surface area contributed by atoms with Gasteiger partial charge >= 0.3 is 5.97 Å². The Hall–Kier alpha value is -2.37. The maximum atomic E-state index is 13.7. The number of carbonyl (C=O) groups excluding carboxylic acids is 3. The number of hydrogen-bond donors (Lipinski definition) is 1. The molecule has 4 bridgehead atoms. The average molecular weight is 425 g/mol. The van der Waals surface area contributed by atoms with E-state index < -0.39 is 12.0 Å². The van der Waals surface area contributed by atoms with E-state index in [0.717, 1.165) is 31.2 Å². The maximum absolute atomic E-state index is 13.7. The Balaban J connectivity index is 1.19. The first-order valence-corrected chi connectivity index (χ1v) is 11.8. The molecule has 1 heterocycles. The summed E-state index contributed by atoms with van der Waals surface area (Å²) in [5.74, 6) is 1.43. The number of nitrogens with one attached hydrogen (secondary N) is 1. The second kappa shape index (κ2) is 7.95. The van der Waals surface area contributed by atoms with Crippen molar-refractivity contribution in [2.45, 2.75) is 64.3 Å². The minimum absolute atomic E-state index is 0.176. The summed E-state index contributed by atoms with van der Waals surface area (Å²) in [4.78, 5) is 40.4. The molecular formula is C25H32N2O4. The molecule has 31 heavy (non-hydrogen) atoms. The third kappa shape index (κ3) is 3.97. The van der Waals surface area contributed by atoms with E-state index in [9.17, 15) is 14.4 Å². The van der Waals surface area contributed by atoms with E-state index in [1.807, 2.05) is 31.2 Å². The molecule has 1 saturated heterocycles. The second-order valence-corrected chi connectivity index (χ2v) is 10.4. The van der Waals surface area contributed by atoms with E-state index in [0.29, 0.717) is 36.4 Å². The van der Waals surface area contributed by atoms with E-state index in [-0.39, 0.29) is 23.8 Å². The third-order valence-electron chi connectivity index (χ3n) is 7.96. The number of carbonyl (C=O) groups is 3. The van der Waals surface area contributed by atoms with E-state index in [4.69, 9.17) is 4.74 Å². The highest BCUT2D eigenvalue weighted by Gasteiger charge is 2.57. The fourth-order valence-corrected chi connectivity index (χ4v) is 7.00. The number of aryl methyl sites for hydroxylation is 1. The van der Waals surface area contributed by atoms with Crippen molar-refractivity contribution in [3.63, 3.8) is 0 Å². The Morgan fingerprint density at radius 2 is 1.65 bits per heavy atom. The molecule has 0 radical (unpaired) electrons. The quantitative estimate of drug-likeness (QED) is 0.732. The van der Waals surface area contributed by atoms with Gasteiger partial charge < -0.3 is 15.0 Å². The van der Waals surface area contributed by atoms with Crippen LogP contribution in [0.4, 0.5) is 5.69 Å². The summed E-state index contributed by atoms with van der Waals surface area (Å²) in [5, 5.41) is 2.74. The van der Waals surface area contributed by atoms with Gasteiger partial charge in [0.25, 0.3) is 5.91 Å². The summed E-state index contributed by atoms with van der Waals surface area (Å²) in [7, 11) is 0. The normalized spacial score (nSPS) is 33.4. The Kier molecular flexibility index (Phi) is 5.27. The number of hydrogen-bond acceptors (Lipinski definition) is 4. The minimum atomic E-state index is -0.548. The van der Waals surface area contributed by atoms with Crippen molar-refractivity contribution in [2.24, 2.45) is 23.2 Å². The lowest BCUT2D eigenvalue weighted by Crippen LogP contribution is -2.56. The van der Waals surface area contributed by atoms with Crippen molar-refractivity contribution in [1.29, 1.82) is 0 Å². The van der Waals surface area contributed by atoms with Crippen LogP contribution in [0.25, 0.3) is 0 Å². The predicted octanol–water partition coefficient (Wildman–Crippen LogP) is 3.68. The molecule has 1 aromatic rings. The van der Waals surface area contributed by atoms with Gasteiger partial charge in [0.05, 0.1) is 5.41 Å². The lowest BCUT2D eigenvalue weighted by Gasteiger charge is -2.56. The molecule has 1 aromatic carbocycles. The van der Waals surface area contributed by atoms with E-state index in [1.54, 1.807) is 4.90 Å². The first-order chi connectivity index (χ1) is 14.9. The van der Waals surface area contributed by atoms with Crippen LogP contribution in [-0.2, 0) is 19.1 Å². The summed E-state index contributed by atoms with van der Waals surface area (Å²) < 4.78 is 5.34. The Labute approximate surface area is 183 Å². The van der Waals surface area contributed by atoms with Crippen LogP contribution in [0.5, 0.6) is 0 Å². The van der Waals surface area contributed by atoms with Crippen LogP contribution < -0.4 is 5.32 Å². The van der Waals surface area contributed by atoms with Crippen LogP contribution in [0.15, 0.2) is 24.3 Å². The predicted molar refractivity (Wildman–Crippen MR) is 116 cm³/mol. The zero-order chi connectivity index (χ0) is 21.6. The summed E-state index contributed by atoms with van der Waals surface area (Å²) in [6, 6.07) is 6.91. The van der Waals surface area contributed by atoms with Crippen LogP contribution in [0.1, 0.15) is 56.9 Å². The minimum Gasteiger partial charge on any atom is -0.454 e. The molecule has 1 N–H and O–H groups in total. The van der Waals surface area contributed by atoms with Gasteiger partial charge in [0.15, 0.2) is 6.61 Å². The standard InChI is InChI=1S/C25H32N2O4/c1-16-4-6-20(7-5-16)26-22(28)15-31-23(29)21-3-2-8-27(21)24(30)25-12-17-9-18(13-25)11-19(10-17)14-25/h4-7,17-19,21H,2-3,8-15H2,1H3,(H,26,28)/t17?,18?,19?,21-,25?/m1/s1. The van der Waals surface area contributed by atoms with Crippen LogP contribution in [0.2, 0.25) is 0 Å². The lowest BCUT2D eigenvalue weighted by molar-refractivity contribution is -0.165. The molecule has 1 atom stereocenters. The Bertz CT molecular complexity index is 843. The number of benzene rings is 1. The van der Waals surface area contributed by atoms with Gasteiger partial charge in [-0.25, -0.2) is 4.79 Å². The molecule has 4 saturated carbocycles. The number of ether oxygens (including phenoxy) is 1. The Morgan fingerprint density at radius 3 is 2.26 bits per heavy atom. The van der Waals surface area contributed by atoms with Gasteiger partial charge in [0, 0.05) is 12.2 Å². The molecule has 6 nitrogen and oxygen atoms in total. The van der Waals surface area contributed by atoms with Crippen molar-refractivity contribution in [1.82, 2.24) is 4.90 Å². The topological polar surface area (TPSA) is 75.7 Å². The van der Waals surface area contributed by atoms with Gasteiger partial charge in [0.2, 0.25) is 5.91 Å². The molecule has 6 rings (SSSR count). The average Bonchev–Trinajstić information content (AvgIpc) is 3.22. The van der Waals surface area contributed by atoms with Gasteiger partial charge in [-0.05, 0) is 88.2 Å². The third-order valence-corrected chi connectivity index (χ3v) is 7.96. The second-order valence-electron chi connectivity index (χ2n) is 10.4. The fraction of sp³-hybridized carbons (Fsp3) is 0.640. The largest absolute Gasteiger partial charge is 0.454 e. The summed E-state index contributed by atoms with van der Waals surface area (Å²) in [6.07, 6.45) is 8.28. The van der Waals surface area contributed by atoms with Crippen LogP contribution >= 0.6 is 0 Å². The van der Waals surface area contributed by atoms with Crippen LogP contribution in [-0.4, -0.2) is 41.9 Å². The molecule has 0 spiro atoms. The number of likely N-dealkylation sites (tertiary alicyclic amines) is 1. The molecule has 1 aliphatic heterocycles. The molecule has 6 heteroatoms. The number of esters is 1. The smallest absolute Gasteiger partial charge is 0.329 e. The highest BCUT2D eigenvalue weighted by molar-refractivity contribution is 5.94. The number of amides is 2. The first kappa shape index (κ1) is 20.5. The molecule has 4 aliphatic carbocycles. The van der Waals surface area contributed by atoms with Gasteiger partial charge in [-0.1, -0.05) is 17.7 Å². The monoisotopic (exact) mass is 424 g/mol. The summed E-state index contributed by atoms with van der Waals surface area (Å²) in [6.45, 7) is 2.27. The molecule has 5 fully saturated rings. The Morgan fingerprint density at radius 1 is 1.03 bits per heavy atom. The maximum Gasteiger partial charge on any atom is 0.329 e. The molecule has 166 valence electrons. The van der Waals surface area contributed by atoms with Gasteiger partial charge in [0.1, 0.15) is 6.04 Å². The van der Waals surface area contributed by atoms with Crippen molar-refractivity contribution < 1.29 is 19.1 Å². The van der Waals surface area contributed by atoms with Crippen LogP contribution in [0.3, 0.4) is 0 Å². The first-order valence-electron chi connectivity index (χ1n) is 11.8. The molecule has 2 amide bonds. The van der Waals surface area contributed by atoms with E-state index in [1.165, 1.54) is 19.3 Å². The molecular weight excluding hydrogens is 392 g/mol. The SMILES string of the molecule is Cc1ccc(NC(=O)COC(=O)[C@H]2CCCN2C(=O)C23CC4CC(CC(C4)C2)C3)cc1. The van der Waals surface area contributed by atoms with Crippen molar-refractivity contribution >= 4 is 23.5 Å². The van der Waals surface area contributed by atoms with Crippen molar-refractivity contribution in [3.8, 4) is 0 Å². The fourth-order valence-electron chi connectivity index (χ4n) is 7.00. The van der Waals surface area contributed by atoms with Gasteiger partial charge in [-0.15, -0.1) is 0 Å². The van der Waals surface area contributed by atoms with Crippen molar-refractivity contribution in [2.75, 3.05) is 18.5 Å². The molecule has 5 aliphatic rings. The highest BCUT2D eigenvalue weighted by Crippen LogP contribution is 2.60. The molecule has 0 aromatic heterocycles. The lowest BCUT2D eigenvalue weighted by atomic mass is 9.49. The molecule has 0 unspecified atom stereocenters. The van der Waals surface area contributed by atoms with E-state index in [2.05, 4.69) is 5.32 Å². The van der Waals surface area contributed by atoms with Crippen LogP contribution in [0, 0.1) is 30.1 Å². The highest BCUT2D eigenvalue weighted by atomic mass is 16.5. The number of nitrogens with zero attached hydrogens (tertiary/aromatic N) is 1. The van der Waals surface area contributed by atoms with Gasteiger partial charge in [-0.3, -0.25) is 9.59 Å². The number of anilines is 1. The summed E-state index contributed by atoms with van der Waals surface area (Å²) in [5.41, 5.74) is 1.53. The zero-order valence-electron chi connectivity index (χ0n) is 18.3. The number of rotatable bonds is 5. The van der Waals surface area contributed by atoms with E-state index >= 15 is 0 Å².